The van der Waals surface area contributed by atoms with Crippen molar-refractivity contribution in [2.24, 2.45) is 0 Å². The zero-order chi connectivity index (χ0) is 10.4. The van der Waals surface area contributed by atoms with E-state index < -0.39 is 0 Å². The summed E-state index contributed by atoms with van der Waals surface area (Å²) in [5.41, 5.74) is 0.994. The number of benzene rings is 1. The van der Waals surface area contributed by atoms with Crippen molar-refractivity contribution in [3.63, 3.8) is 0 Å². The summed E-state index contributed by atoms with van der Waals surface area (Å²) in [7, 11) is 0. The molecule has 0 aliphatic rings. The Morgan fingerprint density at radius 1 is 1.21 bits per heavy atom. The average molecular weight is 190 g/mol. The molecule has 0 atom stereocenters. The van der Waals surface area contributed by atoms with E-state index in [-0.39, 0.29) is 6.10 Å². The number of carbonyl (C=O) groups is 1. The third-order valence-corrected chi connectivity index (χ3v) is 1.62. The van der Waals surface area contributed by atoms with E-state index in [1.165, 1.54) is 6.08 Å². The van der Waals surface area contributed by atoms with Crippen LogP contribution in [0.5, 0.6) is 5.75 Å². The maximum absolute atomic E-state index is 10.1. The molecule has 0 unspecified atom stereocenters. The molecule has 0 aliphatic heterocycles. The quantitative estimate of drug-likeness (QED) is 0.539. The fraction of sp³-hybridized carbons (Fsp3) is 0.250. The molecular formula is C12H14O2. The molecule has 1 aromatic carbocycles. The van der Waals surface area contributed by atoms with E-state index in [0.717, 1.165) is 17.6 Å². The van der Waals surface area contributed by atoms with Crippen LogP contribution in [0.1, 0.15) is 19.4 Å². The molecule has 74 valence electrons. The van der Waals surface area contributed by atoms with Gasteiger partial charge >= 0.3 is 0 Å². The number of carbonyl (C=O) groups excluding carboxylic acids is 1. The van der Waals surface area contributed by atoms with Gasteiger partial charge in [0.1, 0.15) is 12.0 Å². The highest BCUT2D eigenvalue weighted by atomic mass is 16.5. The van der Waals surface area contributed by atoms with Crippen LogP contribution < -0.4 is 4.74 Å². The molecule has 0 radical (unpaired) electrons. The second kappa shape index (κ2) is 5.22. The predicted octanol–water partition coefficient (Wildman–Crippen LogP) is 2.69. The van der Waals surface area contributed by atoms with Crippen LogP contribution in [0.2, 0.25) is 0 Å². The molecule has 0 amide bonds. The van der Waals surface area contributed by atoms with Crippen molar-refractivity contribution < 1.29 is 9.53 Å². The number of hydrogen-bond donors (Lipinski definition) is 0. The molecule has 0 aliphatic carbocycles. The molecule has 0 saturated heterocycles. The Labute approximate surface area is 84.2 Å². The lowest BCUT2D eigenvalue weighted by Gasteiger charge is -2.09. The van der Waals surface area contributed by atoms with E-state index in [9.17, 15) is 4.79 Å². The van der Waals surface area contributed by atoms with Crippen molar-refractivity contribution >= 4 is 12.4 Å². The van der Waals surface area contributed by atoms with Gasteiger partial charge in [0.25, 0.3) is 0 Å². The minimum Gasteiger partial charge on any atom is -0.491 e. The minimum atomic E-state index is 0.186. The van der Waals surface area contributed by atoms with E-state index in [1.807, 2.05) is 38.1 Å². The monoisotopic (exact) mass is 190 g/mol. The van der Waals surface area contributed by atoms with Crippen LogP contribution in [-0.4, -0.2) is 12.4 Å². The number of rotatable bonds is 4. The smallest absolute Gasteiger partial charge is 0.142 e. The van der Waals surface area contributed by atoms with E-state index >= 15 is 0 Å². The van der Waals surface area contributed by atoms with E-state index in [4.69, 9.17) is 4.74 Å². The molecular weight excluding hydrogens is 176 g/mol. The van der Waals surface area contributed by atoms with Crippen molar-refractivity contribution in [1.82, 2.24) is 0 Å². The van der Waals surface area contributed by atoms with Gasteiger partial charge in [0.15, 0.2) is 0 Å². The van der Waals surface area contributed by atoms with Crippen LogP contribution in [-0.2, 0) is 4.79 Å². The van der Waals surface area contributed by atoms with Crippen LogP contribution in [0.4, 0.5) is 0 Å². The standard InChI is InChI=1S/C12H14O2/c1-10(2)14-12-7-5-11(6-8-12)4-3-9-13/h3-10H,1-2H3/b4-3+. The Morgan fingerprint density at radius 2 is 1.86 bits per heavy atom. The molecule has 0 N–H and O–H groups in total. The summed E-state index contributed by atoms with van der Waals surface area (Å²) < 4.78 is 5.48. The molecule has 0 saturated carbocycles. The molecule has 0 fully saturated rings. The zero-order valence-corrected chi connectivity index (χ0v) is 8.44. The minimum absolute atomic E-state index is 0.186. The van der Waals surface area contributed by atoms with Crippen molar-refractivity contribution in [1.29, 1.82) is 0 Å². The van der Waals surface area contributed by atoms with Gasteiger partial charge in [-0.05, 0) is 37.6 Å². The van der Waals surface area contributed by atoms with Gasteiger partial charge < -0.3 is 4.74 Å². The van der Waals surface area contributed by atoms with Gasteiger partial charge in [0.2, 0.25) is 0 Å². The molecule has 0 aromatic heterocycles. The van der Waals surface area contributed by atoms with Gasteiger partial charge in [-0.1, -0.05) is 18.2 Å². The van der Waals surface area contributed by atoms with E-state index in [0.29, 0.717) is 0 Å². The highest BCUT2D eigenvalue weighted by molar-refractivity contribution is 5.73. The molecule has 0 bridgehead atoms. The average Bonchev–Trinajstić information content (AvgIpc) is 2.16. The van der Waals surface area contributed by atoms with Crippen LogP contribution in [0.3, 0.4) is 0 Å². The topological polar surface area (TPSA) is 26.3 Å². The lowest BCUT2D eigenvalue weighted by molar-refractivity contribution is -0.104. The van der Waals surface area contributed by atoms with Crippen LogP contribution in [0.25, 0.3) is 6.08 Å². The fourth-order valence-corrected chi connectivity index (χ4v) is 1.08. The predicted molar refractivity (Wildman–Crippen MR) is 57.3 cm³/mol. The van der Waals surface area contributed by atoms with Gasteiger partial charge in [-0.25, -0.2) is 0 Å². The molecule has 14 heavy (non-hydrogen) atoms. The number of ether oxygens (including phenoxy) is 1. The summed E-state index contributed by atoms with van der Waals surface area (Å²) >= 11 is 0. The summed E-state index contributed by atoms with van der Waals surface area (Å²) in [5, 5.41) is 0. The second-order valence-corrected chi connectivity index (χ2v) is 3.23. The third kappa shape index (κ3) is 3.44. The first-order valence-electron chi connectivity index (χ1n) is 4.61. The van der Waals surface area contributed by atoms with Crippen LogP contribution >= 0.6 is 0 Å². The Bertz CT molecular complexity index is 310. The van der Waals surface area contributed by atoms with Gasteiger partial charge in [-0.3, -0.25) is 4.79 Å². The maximum atomic E-state index is 10.1. The van der Waals surface area contributed by atoms with Gasteiger partial charge in [-0.15, -0.1) is 0 Å². The lowest BCUT2D eigenvalue weighted by Crippen LogP contribution is -2.05. The number of aldehydes is 1. The summed E-state index contributed by atoms with van der Waals surface area (Å²) in [6.07, 6.45) is 4.18. The Hall–Kier alpha value is -1.57. The maximum Gasteiger partial charge on any atom is 0.142 e. The van der Waals surface area contributed by atoms with Crippen molar-refractivity contribution in [3.8, 4) is 5.75 Å². The number of allylic oxidation sites excluding steroid dienone is 1. The fourth-order valence-electron chi connectivity index (χ4n) is 1.08. The summed E-state index contributed by atoms with van der Waals surface area (Å²) in [6.45, 7) is 3.97. The SMILES string of the molecule is CC(C)Oc1ccc(/C=C/C=O)cc1. The molecule has 0 heterocycles. The highest BCUT2D eigenvalue weighted by Crippen LogP contribution is 2.14. The van der Waals surface area contributed by atoms with E-state index in [2.05, 4.69) is 0 Å². The molecule has 1 aromatic rings. The van der Waals surface area contributed by atoms with Crippen molar-refractivity contribution in [2.45, 2.75) is 20.0 Å². The molecule has 2 heteroatoms. The molecule has 2 nitrogen and oxygen atoms in total. The van der Waals surface area contributed by atoms with E-state index in [1.54, 1.807) is 6.08 Å². The first-order chi connectivity index (χ1) is 6.72. The molecule has 1 rings (SSSR count). The van der Waals surface area contributed by atoms with Crippen LogP contribution in [0.15, 0.2) is 30.3 Å². The molecule has 0 spiro atoms. The second-order valence-electron chi connectivity index (χ2n) is 3.23. The lowest BCUT2D eigenvalue weighted by atomic mass is 10.2. The Balaban J connectivity index is 2.68. The van der Waals surface area contributed by atoms with Crippen LogP contribution in [0, 0.1) is 0 Å². The van der Waals surface area contributed by atoms with Crippen molar-refractivity contribution in [3.05, 3.63) is 35.9 Å². The zero-order valence-electron chi connectivity index (χ0n) is 8.44. The first kappa shape index (κ1) is 10.5. The third-order valence-electron chi connectivity index (χ3n) is 1.62. The largest absolute Gasteiger partial charge is 0.491 e. The summed E-state index contributed by atoms with van der Waals surface area (Å²) in [4.78, 5) is 10.1. The highest BCUT2D eigenvalue weighted by Gasteiger charge is 1.95. The first-order valence-corrected chi connectivity index (χ1v) is 4.61. The van der Waals surface area contributed by atoms with Gasteiger partial charge in [0, 0.05) is 0 Å². The van der Waals surface area contributed by atoms with Gasteiger partial charge in [-0.2, -0.15) is 0 Å². The summed E-state index contributed by atoms with van der Waals surface area (Å²) in [6, 6.07) is 7.62. The summed E-state index contributed by atoms with van der Waals surface area (Å²) in [5.74, 6) is 0.850. The van der Waals surface area contributed by atoms with Gasteiger partial charge in [0.05, 0.1) is 6.10 Å². The number of hydrogen-bond acceptors (Lipinski definition) is 2. The van der Waals surface area contributed by atoms with Crippen molar-refractivity contribution in [2.75, 3.05) is 0 Å². The Kier molecular flexibility index (Phi) is 3.92. The normalized spacial score (nSPS) is 10.8. The Morgan fingerprint density at radius 3 is 2.36 bits per heavy atom.